The molecule has 0 spiro atoms. The lowest BCUT2D eigenvalue weighted by Crippen LogP contribution is -2.74. The van der Waals surface area contributed by atoms with E-state index in [1.54, 1.807) is 0 Å². The van der Waals surface area contributed by atoms with E-state index in [2.05, 4.69) is 264 Å². The summed E-state index contributed by atoms with van der Waals surface area (Å²) < 4.78 is 4.68. The molecule has 10 aromatic carbocycles. The summed E-state index contributed by atoms with van der Waals surface area (Å²) >= 11 is 0. The predicted octanol–water partition coefficient (Wildman–Crippen LogP) is 12.7. The number of para-hydroxylation sites is 3. The van der Waals surface area contributed by atoms with E-state index in [9.17, 15) is 0 Å². The Kier molecular flexibility index (Phi) is 8.77. The van der Waals surface area contributed by atoms with Crippen molar-refractivity contribution in [3.63, 3.8) is 0 Å². The third kappa shape index (κ3) is 5.72. The molecule has 3 aliphatic rings. The van der Waals surface area contributed by atoms with Crippen molar-refractivity contribution >= 4 is 72.4 Å². The Morgan fingerprint density at radius 1 is 0.324 bits per heavy atom. The van der Waals surface area contributed by atoms with E-state index < -0.39 is 8.07 Å². The summed E-state index contributed by atoms with van der Waals surface area (Å²) in [6, 6.07) is 94.2. The zero-order valence-corrected chi connectivity index (χ0v) is 39.7. The molecule has 3 aliphatic carbocycles. The van der Waals surface area contributed by atoms with Crippen molar-refractivity contribution in [3.05, 3.63) is 288 Å². The molecule has 5 heteroatoms. The number of hydrogen-bond donors (Lipinski definition) is 0. The quantitative estimate of drug-likeness (QED) is 0.118. The first kappa shape index (κ1) is 40.0. The van der Waals surface area contributed by atoms with Crippen molar-refractivity contribution in [2.75, 3.05) is 0 Å². The summed E-state index contributed by atoms with van der Waals surface area (Å²) in [7, 11) is -2.87. The van der Waals surface area contributed by atoms with Crippen LogP contribution in [0.4, 0.5) is 0 Å². The van der Waals surface area contributed by atoms with Crippen LogP contribution in [0.3, 0.4) is 0 Å². The maximum Gasteiger partial charge on any atom is 0.237 e. The van der Waals surface area contributed by atoms with Crippen LogP contribution < -0.4 is 20.7 Å². The average molecular weight is 921 g/mol. The largest absolute Gasteiger partial charge is 0.294 e. The molecule has 3 heterocycles. The number of aromatic nitrogens is 4. The zero-order valence-electron chi connectivity index (χ0n) is 38.7. The van der Waals surface area contributed by atoms with Crippen LogP contribution in [-0.4, -0.2) is 27.2 Å². The Labute approximate surface area is 412 Å². The van der Waals surface area contributed by atoms with Crippen molar-refractivity contribution in [1.82, 2.24) is 19.1 Å². The van der Waals surface area contributed by atoms with Crippen LogP contribution in [0.5, 0.6) is 0 Å². The van der Waals surface area contributed by atoms with Crippen LogP contribution in [0, 0.1) is 0 Å². The topological polar surface area (TPSA) is 35.6 Å². The highest BCUT2D eigenvalue weighted by Gasteiger charge is 2.44. The van der Waals surface area contributed by atoms with Gasteiger partial charge in [0.15, 0.2) is 8.07 Å². The summed E-state index contributed by atoms with van der Waals surface area (Å²) in [4.78, 5) is 11.5. The maximum absolute atomic E-state index is 5.74. The van der Waals surface area contributed by atoms with Gasteiger partial charge in [-0.3, -0.25) is 9.13 Å². The lowest BCUT2D eigenvalue weighted by atomic mass is 9.60. The van der Waals surface area contributed by atoms with Crippen LogP contribution in [0.25, 0.3) is 66.6 Å². The summed E-state index contributed by atoms with van der Waals surface area (Å²) in [5.41, 5.74) is 14.7. The number of hydrogen-bond acceptors (Lipinski definition) is 2. The molecule has 71 heavy (non-hydrogen) atoms. The van der Waals surface area contributed by atoms with Crippen molar-refractivity contribution < 1.29 is 0 Å². The second-order valence-electron chi connectivity index (χ2n) is 19.1. The minimum atomic E-state index is -2.87. The van der Waals surface area contributed by atoms with Gasteiger partial charge >= 0.3 is 0 Å². The third-order valence-electron chi connectivity index (χ3n) is 15.7. The standard InChI is InChI=1S/C66H44N4Si/c1-4-22-44(23-5-1)71(45-24-6-2-7-25-45,46-26-8-3-9-27-46)47-28-20-21-43(41-47)56-42-61(69-57-36-17-14-29-48(57)49-30-15-18-37-58(49)69)68-66(67-56)70-59-38-19-16-35-54(59)64-60(70)40-39-55-62-50-31-10-12-33-52(50)63(65(55)64)53-34-13-11-32-51(53)62/h1-42,62-63H. The fourth-order valence-corrected chi connectivity index (χ4v) is 17.7. The van der Waals surface area contributed by atoms with E-state index in [4.69, 9.17) is 9.97 Å². The van der Waals surface area contributed by atoms with Gasteiger partial charge in [-0.15, -0.1) is 0 Å². The maximum atomic E-state index is 5.74. The molecule has 0 saturated heterocycles. The Morgan fingerprint density at radius 2 is 0.789 bits per heavy atom. The monoisotopic (exact) mass is 920 g/mol. The normalized spacial score (nSPS) is 14.8. The molecule has 0 fully saturated rings. The van der Waals surface area contributed by atoms with E-state index in [-0.39, 0.29) is 11.8 Å². The van der Waals surface area contributed by atoms with Crippen molar-refractivity contribution in [2.24, 2.45) is 0 Å². The first-order valence-corrected chi connectivity index (χ1v) is 26.6. The summed E-state index contributed by atoms with van der Waals surface area (Å²) in [5.74, 6) is 1.73. The van der Waals surface area contributed by atoms with Gasteiger partial charge in [0.05, 0.1) is 27.8 Å². The van der Waals surface area contributed by atoms with E-state index in [1.807, 2.05) is 0 Å². The van der Waals surface area contributed by atoms with Gasteiger partial charge in [-0.05, 0) is 78.4 Å². The lowest BCUT2D eigenvalue weighted by molar-refractivity contribution is 0.761. The highest BCUT2D eigenvalue weighted by molar-refractivity contribution is 7.19. The first-order chi connectivity index (χ1) is 35.3. The Morgan fingerprint density at radius 3 is 1.35 bits per heavy atom. The molecular formula is C66H44N4Si. The average Bonchev–Trinajstić information content (AvgIpc) is 3.97. The molecule has 0 saturated carbocycles. The Balaban J connectivity index is 1.02. The molecule has 0 aliphatic heterocycles. The van der Waals surface area contributed by atoms with Gasteiger partial charge in [-0.2, -0.15) is 4.98 Å². The third-order valence-corrected chi connectivity index (χ3v) is 20.4. The van der Waals surface area contributed by atoms with Gasteiger partial charge in [-0.1, -0.05) is 224 Å². The van der Waals surface area contributed by atoms with Crippen LogP contribution in [0.1, 0.15) is 45.2 Å². The molecule has 0 atom stereocenters. The second-order valence-corrected chi connectivity index (χ2v) is 23.0. The molecule has 13 aromatic rings. The first-order valence-electron chi connectivity index (χ1n) is 24.6. The fourth-order valence-electron chi connectivity index (χ4n) is 12.9. The zero-order chi connectivity index (χ0) is 46.6. The summed E-state index contributed by atoms with van der Waals surface area (Å²) in [5, 5.41) is 10.1. The molecule has 0 N–H and O–H groups in total. The van der Waals surface area contributed by atoms with Gasteiger partial charge < -0.3 is 0 Å². The number of benzene rings is 10. The Bertz CT molecular complexity index is 4050. The molecule has 2 bridgehead atoms. The summed E-state index contributed by atoms with van der Waals surface area (Å²) in [6.07, 6.45) is 0. The SMILES string of the molecule is c1ccc([Si](c2ccccc2)(c2ccccc2)c2cccc(-c3cc(-n4c5ccccc5c5ccccc54)nc(-n4c5ccccc5c5c6c(ccc54)C4c5ccccc5C6c5ccccc54)n3)c2)cc1. The lowest BCUT2D eigenvalue weighted by Gasteiger charge is -2.42. The molecule has 0 radical (unpaired) electrons. The molecule has 332 valence electrons. The smallest absolute Gasteiger partial charge is 0.237 e. The molecule has 0 amide bonds. The number of rotatable bonds is 7. The van der Waals surface area contributed by atoms with E-state index in [0.717, 1.165) is 39.1 Å². The van der Waals surface area contributed by atoms with E-state index >= 15 is 0 Å². The highest BCUT2D eigenvalue weighted by atomic mass is 28.3. The Hall–Kier alpha value is -8.90. The molecule has 4 nitrogen and oxygen atoms in total. The van der Waals surface area contributed by atoms with Gasteiger partial charge in [0.25, 0.3) is 0 Å². The van der Waals surface area contributed by atoms with Crippen molar-refractivity contribution in [2.45, 2.75) is 11.8 Å². The van der Waals surface area contributed by atoms with Gasteiger partial charge in [0.2, 0.25) is 5.95 Å². The molecule has 0 unspecified atom stereocenters. The number of nitrogens with zero attached hydrogens (tertiary/aromatic N) is 4. The number of fused-ring (bicyclic) bond motifs is 6. The van der Waals surface area contributed by atoms with Crippen LogP contribution >= 0.6 is 0 Å². The van der Waals surface area contributed by atoms with E-state index in [0.29, 0.717) is 5.95 Å². The minimum Gasteiger partial charge on any atom is -0.294 e. The second kappa shape index (κ2) is 15.6. The van der Waals surface area contributed by atoms with Crippen molar-refractivity contribution in [1.29, 1.82) is 0 Å². The van der Waals surface area contributed by atoms with Crippen LogP contribution in [0.15, 0.2) is 255 Å². The highest BCUT2D eigenvalue weighted by Crippen LogP contribution is 2.58. The summed E-state index contributed by atoms with van der Waals surface area (Å²) in [6.45, 7) is 0. The molecular weight excluding hydrogens is 877 g/mol. The minimum absolute atomic E-state index is 0.108. The van der Waals surface area contributed by atoms with E-state index in [1.165, 1.54) is 75.7 Å². The fraction of sp³-hybridized carbons (Fsp3) is 0.0303. The molecule has 16 rings (SSSR count). The van der Waals surface area contributed by atoms with Crippen LogP contribution in [-0.2, 0) is 0 Å². The van der Waals surface area contributed by atoms with Gasteiger partial charge in [0, 0.05) is 45.0 Å². The van der Waals surface area contributed by atoms with Gasteiger partial charge in [-0.25, -0.2) is 4.98 Å². The van der Waals surface area contributed by atoms with Crippen molar-refractivity contribution in [3.8, 4) is 23.0 Å². The van der Waals surface area contributed by atoms with Crippen LogP contribution in [0.2, 0.25) is 0 Å². The predicted molar refractivity (Wildman–Crippen MR) is 295 cm³/mol. The molecule has 3 aromatic heterocycles. The van der Waals surface area contributed by atoms with Gasteiger partial charge in [0.1, 0.15) is 5.82 Å².